The maximum atomic E-state index is 12.2. The van der Waals surface area contributed by atoms with Crippen LogP contribution in [0.1, 0.15) is 15.9 Å². The minimum Gasteiger partial charge on any atom is -0.506 e. The van der Waals surface area contributed by atoms with Crippen molar-refractivity contribution in [2.45, 2.75) is 0 Å². The summed E-state index contributed by atoms with van der Waals surface area (Å²) < 4.78 is 15.8. The van der Waals surface area contributed by atoms with E-state index in [4.69, 9.17) is 19.9 Å². The van der Waals surface area contributed by atoms with Crippen LogP contribution < -0.4 is 25.3 Å². The number of benzene rings is 2. The minimum atomic E-state index is -0.769. The lowest BCUT2D eigenvalue weighted by Crippen LogP contribution is -2.17. The summed E-state index contributed by atoms with van der Waals surface area (Å²) in [6.07, 6.45) is 2.75. The Kier molecular flexibility index (Phi) is 6.27. The Hall–Kier alpha value is -3.68. The number of amides is 2. The van der Waals surface area contributed by atoms with Gasteiger partial charge in [0.05, 0.1) is 32.6 Å². The fraction of sp³-hybridized carbons (Fsp3) is 0.158. The van der Waals surface area contributed by atoms with Crippen molar-refractivity contribution < 1.29 is 28.9 Å². The number of methoxy groups -OCH3 is 3. The topological polar surface area (TPSA) is 120 Å². The van der Waals surface area contributed by atoms with Gasteiger partial charge in [-0.3, -0.25) is 9.59 Å². The van der Waals surface area contributed by atoms with Crippen LogP contribution in [0, 0.1) is 0 Å². The molecular formula is C19H20N2O6. The van der Waals surface area contributed by atoms with E-state index in [0.717, 1.165) is 0 Å². The molecule has 4 N–H and O–H groups in total. The van der Waals surface area contributed by atoms with Gasteiger partial charge in [0.2, 0.25) is 11.7 Å². The molecule has 2 rings (SSSR count). The number of rotatable bonds is 7. The highest BCUT2D eigenvalue weighted by Gasteiger charge is 2.14. The van der Waals surface area contributed by atoms with Crippen molar-refractivity contribution in [3.05, 3.63) is 47.5 Å². The number of nitrogens with one attached hydrogen (secondary N) is 1. The largest absolute Gasteiger partial charge is 0.506 e. The predicted octanol–water partition coefficient (Wildman–Crippen LogP) is 2.17. The minimum absolute atomic E-state index is 0.00420. The van der Waals surface area contributed by atoms with Crippen LogP contribution in [0.15, 0.2) is 36.4 Å². The molecule has 2 aromatic rings. The molecule has 0 bridgehead atoms. The van der Waals surface area contributed by atoms with Gasteiger partial charge in [0, 0.05) is 6.08 Å². The summed E-state index contributed by atoms with van der Waals surface area (Å²) in [4.78, 5) is 23.6. The Morgan fingerprint density at radius 3 is 2.22 bits per heavy atom. The van der Waals surface area contributed by atoms with E-state index in [9.17, 15) is 14.7 Å². The number of phenolic OH excluding ortho intramolecular Hbond substituents is 1. The normalized spacial score (nSPS) is 10.5. The van der Waals surface area contributed by atoms with E-state index < -0.39 is 11.8 Å². The Morgan fingerprint density at radius 1 is 1.07 bits per heavy atom. The van der Waals surface area contributed by atoms with Gasteiger partial charge >= 0.3 is 0 Å². The Bertz CT molecular complexity index is 867. The summed E-state index contributed by atoms with van der Waals surface area (Å²) in [6, 6.07) is 7.53. The third kappa shape index (κ3) is 4.49. The third-order valence-electron chi connectivity index (χ3n) is 3.67. The van der Waals surface area contributed by atoms with Gasteiger partial charge in [-0.15, -0.1) is 0 Å². The van der Waals surface area contributed by atoms with E-state index in [-0.39, 0.29) is 17.0 Å². The van der Waals surface area contributed by atoms with Crippen LogP contribution in [0.3, 0.4) is 0 Å². The van der Waals surface area contributed by atoms with E-state index in [0.29, 0.717) is 22.8 Å². The smallest absolute Gasteiger partial charge is 0.250 e. The highest BCUT2D eigenvalue weighted by molar-refractivity contribution is 6.08. The number of anilines is 1. The molecule has 0 unspecified atom stereocenters. The van der Waals surface area contributed by atoms with Crippen LogP contribution in [0.2, 0.25) is 0 Å². The molecule has 0 spiro atoms. The van der Waals surface area contributed by atoms with Gasteiger partial charge in [0.1, 0.15) is 5.75 Å². The van der Waals surface area contributed by atoms with Gasteiger partial charge in [-0.2, -0.15) is 0 Å². The van der Waals surface area contributed by atoms with Crippen LogP contribution >= 0.6 is 0 Å². The molecule has 142 valence electrons. The summed E-state index contributed by atoms with van der Waals surface area (Å²) in [5, 5.41) is 12.3. The molecule has 0 aliphatic carbocycles. The number of aromatic hydroxyl groups is 1. The lowest BCUT2D eigenvalue weighted by Gasteiger charge is -2.13. The molecule has 0 heterocycles. The second-order valence-corrected chi connectivity index (χ2v) is 5.35. The first-order valence-corrected chi connectivity index (χ1v) is 7.82. The number of nitrogens with two attached hydrogens (primary N) is 1. The lowest BCUT2D eigenvalue weighted by molar-refractivity contribution is -0.111. The fourth-order valence-corrected chi connectivity index (χ4v) is 2.41. The second-order valence-electron chi connectivity index (χ2n) is 5.35. The number of primary amides is 1. The van der Waals surface area contributed by atoms with Crippen LogP contribution in [-0.2, 0) is 4.79 Å². The summed E-state index contributed by atoms with van der Waals surface area (Å²) in [5.41, 5.74) is 5.83. The molecule has 8 nitrogen and oxygen atoms in total. The van der Waals surface area contributed by atoms with Gasteiger partial charge in [-0.25, -0.2) is 0 Å². The average Bonchev–Trinajstić information content (AvgIpc) is 2.66. The molecule has 2 aromatic carbocycles. The van der Waals surface area contributed by atoms with Crippen molar-refractivity contribution in [1.29, 1.82) is 0 Å². The SMILES string of the molecule is COc1cc(C=CC(=O)Nc2c(O)cccc2C(N)=O)cc(OC)c1OC. The predicted molar refractivity (Wildman–Crippen MR) is 100 cm³/mol. The first-order valence-electron chi connectivity index (χ1n) is 7.82. The zero-order valence-corrected chi connectivity index (χ0v) is 15.1. The van der Waals surface area contributed by atoms with Gasteiger partial charge < -0.3 is 30.4 Å². The summed E-state index contributed by atoms with van der Waals surface area (Å²) in [6.45, 7) is 0. The van der Waals surface area contributed by atoms with Crippen LogP contribution in [0.4, 0.5) is 5.69 Å². The highest BCUT2D eigenvalue weighted by Crippen LogP contribution is 2.38. The number of phenols is 1. The van der Waals surface area contributed by atoms with Gasteiger partial charge in [0.25, 0.3) is 5.91 Å². The molecule has 27 heavy (non-hydrogen) atoms. The molecule has 0 saturated carbocycles. The van der Waals surface area contributed by atoms with Gasteiger partial charge in [-0.1, -0.05) is 6.07 Å². The van der Waals surface area contributed by atoms with E-state index >= 15 is 0 Å². The van der Waals surface area contributed by atoms with Crippen molar-refractivity contribution in [3.8, 4) is 23.0 Å². The highest BCUT2D eigenvalue weighted by atomic mass is 16.5. The monoisotopic (exact) mass is 372 g/mol. The van der Waals surface area contributed by atoms with Crippen LogP contribution in [0.5, 0.6) is 23.0 Å². The number of carbonyl (C=O) groups excluding carboxylic acids is 2. The van der Waals surface area contributed by atoms with Crippen LogP contribution in [-0.4, -0.2) is 38.3 Å². The fourth-order valence-electron chi connectivity index (χ4n) is 2.41. The molecule has 0 saturated heterocycles. The maximum Gasteiger partial charge on any atom is 0.250 e. The Labute approximate surface area is 156 Å². The van der Waals surface area contributed by atoms with Gasteiger partial charge in [0.15, 0.2) is 11.5 Å². The summed E-state index contributed by atoms with van der Waals surface area (Å²) >= 11 is 0. The quantitative estimate of drug-likeness (QED) is 0.506. The van der Waals surface area contributed by atoms with Crippen molar-refractivity contribution >= 4 is 23.6 Å². The number of hydrogen-bond acceptors (Lipinski definition) is 6. The van der Waals surface area contributed by atoms with E-state index in [1.54, 1.807) is 12.1 Å². The first kappa shape index (κ1) is 19.6. The van der Waals surface area contributed by atoms with E-state index in [1.807, 2.05) is 0 Å². The Morgan fingerprint density at radius 2 is 1.70 bits per heavy atom. The van der Waals surface area contributed by atoms with Crippen molar-refractivity contribution in [1.82, 2.24) is 0 Å². The third-order valence-corrected chi connectivity index (χ3v) is 3.67. The average molecular weight is 372 g/mol. The number of para-hydroxylation sites is 1. The van der Waals surface area contributed by atoms with E-state index in [2.05, 4.69) is 5.32 Å². The molecule has 0 aliphatic heterocycles. The lowest BCUT2D eigenvalue weighted by atomic mass is 10.1. The standard InChI is InChI=1S/C19H20N2O6/c1-25-14-9-11(10-15(26-2)18(14)27-3)7-8-16(23)21-17-12(19(20)24)5-4-6-13(17)22/h4-10,22H,1-3H3,(H2,20,24)(H,21,23). The van der Waals surface area contributed by atoms with Crippen molar-refractivity contribution in [2.24, 2.45) is 5.73 Å². The molecule has 0 radical (unpaired) electrons. The number of hydrogen-bond donors (Lipinski definition) is 3. The molecule has 0 aromatic heterocycles. The molecule has 0 fully saturated rings. The molecule has 0 atom stereocenters. The zero-order chi connectivity index (χ0) is 20.0. The maximum absolute atomic E-state index is 12.2. The first-order chi connectivity index (χ1) is 12.9. The molecule has 2 amide bonds. The molecular weight excluding hydrogens is 352 g/mol. The number of carbonyl (C=O) groups is 2. The van der Waals surface area contributed by atoms with Crippen molar-refractivity contribution in [2.75, 3.05) is 26.6 Å². The zero-order valence-electron chi connectivity index (χ0n) is 15.1. The van der Waals surface area contributed by atoms with Gasteiger partial charge in [-0.05, 0) is 35.9 Å². The van der Waals surface area contributed by atoms with Crippen molar-refractivity contribution in [3.63, 3.8) is 0 Å². The summed E-state index contributed by atoms with van der Waals surface area (Å²) in [7, 11) is 4.47. The van der Waals surface area contributed by atoms with E-state index in [1.165, 1.54) is 51.7 Å². The van der Waals surface area contributed by atoms with Crippen LogP contribution in [0.25, 0.3) is 6.08 Å². The molecule has 8 heteroatoms. The number of ether oxygens (including phenoxy) is 3. The molecule has 0 aliphatic rings. The Balaban J connectivity index is 2.27. The second kappa shape index (κ2) is 8.61. The summed E-state index contributed by atoms with van der Waals surface area (Å²) in [5.74, 6) is -0.285.